The van der Waals surface area contributed by atoms with Gasteiger partial charge < -0.3 is 63.8 Å². The van der Waals surface area contributed by atoms with Crippen molar-refractivity contribution in [2.75, 3.05) is 26.2 Å². The molecule has 2 aromatic rings. The van der Waals surface area contributed by atoms with Crippen molar-refractivity contribution in [1.29, 1.82) is 0 Å². The number of amides is 10. The molecule has 3 aliphatic rings. The first-order valence-corrected chi connectivity index (χ1v) is 30.5. The van der Waals surface area contributed by atoms with Gasteiger partial charge in [0.2, 0.25) is 59.1 Å². The van der Waals surface area contributed by atoms with Crippen LogP contribution in [0.3, 0.4) is 0 Å². The smallest absolute Gasteiger partial charge is 0.246 e. The third-order valence-corrected chi connectivity index (χ3v) is 15.8. The van der Waals surface area contributed by atoms with Gasteiger partial charge in [0.05, 0.1) is 0 Å². The molecular weight excluding hydrogens is 1070 g/mol. The van der Waals surface area contributed by atoms with Crippen LogP contribution in [0.1, 0.15) is 144 Å². The van der Waals surface area contributed by atoms with Crippen molar-refractivity contribution < 1.29 is 47.9 Å². The Balaban J connectivity index is 1.59. The standard InChI is InChI=1S/C62H96N12O10/c1-37(2)33-45-55(77)69-47(35-41-21-11-9-12-22-41)61(83)73-31-19-27-49(73)57(79)72-52(40(7)8)60(82)66-44(26-16-18-30-64)54(76)68-46(34-38(3)4)56(78)70-48(36-42-23-13-10-14-24-42)62(84)74-32-20-28-50(74)58(80)71-51(39(5)6)59(81)65-43(53(75)67-45)25-15-17-29-63/h9-14,21-24,37-40,43-52H,15-20,25-36,63-64H2,1-8H3,(H,65,81)(H,66,82)(H,67,75)(H,68,76)(H,69,77)(H,70,78)(H,71,80)(H,72,79)/t43-,44-,45-,46-,47+,48+,49-,50-,51-,52-/m0/s1. The van der Waals surface area contributed by atoms with E-state index in [1.54, 1.807) is 52.0 Å². The van der Waals surface area contributed by atoms with Gasteiger partial charge in [-0.2, -0.15) is 0 Å². The molecule has 0 aliphatic carbocycles. The summed E-state index contributed by atoms with van der Waals surface area (Å²) in [7, 11) is 0. The number of unbranched alkanes of at least 4 members (excludes halogenated alkanes) is 2. The molecule has 3 heterocycles. The van der Waals surface area contributed by atoms with Gasteiger partial charge in [0.25, 0.3) is 0 Å². The third-order valence-electron chi connectivity index (χ3n) is 15.8. The topological polar surface area (TPSA) is 325 Å². The zero-order chi connectivity index (χ0) is 61.6. The highest BCUT2D eigenvalue weighted by atomic mass is 16.2. The number of carbonyl (C=O) groups is 10. The number of carbonyl (C=O) groups excluding carboxylic acids is 10. The first-order chi connectivity index (χ1) is 40.0. The zero-order valence-corrected chi connectivity index (χ0v) is 50.7. The lowest BCUT2D eigenvalue weighted by atomic mass is 9.98. The van der Waals surface area contributed by atoms with E-state index in [9.17, 15) is 47.9 Å². The largest absolute Gasteiger partial charge is 0.343 e. The Labute approximate surface area is 496 Å². The van der Waals surface area contributed by atoms with Crippen LogP contribution in [0.15, 0.2) is 60.7 Å². The Bertz CT molecular complexity index is 2360. The lowest BCUT2D eigenvalue weighted by molar-refractivity contribution is -0.143. The Morgan fingerprint density at radius 1 is 0.405 bits per heavy atom. The van der Waals surface area contributed by atoms with E-state index < -0.39 is 131 Å². The highest BCUT2D eigenvalue weighted by Crippen LogP contribution is 2.24. The van der Waals surface area contributed by atoms with E-state index in [1.807, 2.05) is 64.1 Å². The number of hydrogen-bond acceptors (Lipinski definition) is 12. The van der Waals surface area contributed by atoms with Gasteiger partial charge in [-0.05, 0) is 125 Å². The minimum atomic E-state index is -1.21. The Kier molecular flexibility index (Phi) is 27.1. The maximum Gasteiger partial charge on any atom is 0.246 e. The lowest BCUT2D eigenvalue weighted by Crippen LogP contribution is -2.62. The molecule has 10 atom stereocenters. The van der Waals surface area contributed by atoms with Crippen molar-refractivity contribution in [2.24, 2.45) is 35.1 Å². The molecule has 0 spiro atoms. The van der Waals surface area contributed by atoms with E-state index >= 15 is 0 Å². The molecule has 3 fully saturated rings. The van der Waals surface area contributed by atoms with Crippen LogP contribution in [-0.2, 0) is 60.8 Å². The number of fused-ring (bicyclic) bond motifs is 2. The summed E-state index contributed by atoms with van der Waals surface area (Å²) >= 11 is 0. The summed E-state index contributed by atoms with van der Waals surface area (Å²) in [4.78, 5) is 149. The summed E-state index contributed by atoms with van der Waals surface area (Å²) in [5, 5.41) is 23.1. The van der Waals surface area contributed by atoms with Crippen LogP contribution in [0.5, 0.6) is 0 Å². The molecule has 0 aromatic heterocycles. The van der Waals surface area contributed by atoms with Crippen LogP contribution in [0.4, 0.5) is 0 Å². The zero-order valence-electron chi connectivity index (χ0n) is 50.7. The average Bonchev–Trinajstić information content (AvgIpc) is 4.29. The number of nitrogens with two attached hydrogens (primary N) is 2. The fourth-order valence-electron chi connectivity index (χ4n) is 11.2. The van der Waals surface area contributed by atoms with Crippen molar-refractivity contribution in [3.05, 3.63) is 71.8 Å². The number of nitrogens with zero attached hydrogens (tertiary/aromatic N) is 2. The van der Waals surface area contributed by atoms with E-state index in [4.69, 9.17) is 11.5 Å². The van der Waals surface area contributed by atoms with E-state index in [1.165, 1.54) is 9.80 Å². The number of benzene rings is 2. The van der Waals surface area contributed by atoms with Crippen LogP contribution in [0, 0.1) is 23.7 Å². The molecule has 22 nitrogen and oxygen atoms in total. The van der Waals surface area contributed by atoms with E-state index in [-0.39, 0.29) is 76.3 Å². The Morgan fingerprint density at radius 3 is 1.05 bits per heavy atom. The molecule has 464 valence electrons. The van der Waals surface area contributed by atoms with Crippen molar-refractivity contribution in [3.63, 3.8) is 0 Å². The molecule has 10 amide bonds. The van der Waals surface area contributed by atoms with Crippen molar-refractivity contribution in [3.8, 4) is 0 Å². The summed E-state index contributed by atoms with van der Waals surface area (Å²) in [6, 6.07) is 6.45. The highest BCUT2D eigenvalue weighted by Gasteiger charge is 2.43. The maximum absolute atomic E-state index is 15.0. The molecule has 5 rings (SSSR count). The van der Waals surface area contributed by atoms with Crippen molar-refractivity contribution in [1.82, 2.24) is 52.3 Å². The second-order valence-corrected chi connectivity index (χ2v) is 24.4. The Hall–Kier alpha value is -6.94. The summed E-state index contributed by atoms with van der Waals surface area (Å²) in [5.41, 5.74) is 13.2. The van der Waals surface area contributed by atoms with Gasteiger partial charge in [0.1, 0.15) is 60.4 Å². The Morgan fingerprint density at radius 2 is 0.726 bits per heavy atom. The van der Waals surface area contributed by atoms with Gasteiger partial charge in [0.15, 0.2) is 0 Å². The second kappa shape index (κ2) is 33.5. The molecule has 3 saturated heterocycles. The molecule has 2 aromatic carbocycles. The minimum Gasteiger partial charge on any atom is -0.343 e. The molecule has 3 aliphatic heterocycles. The SMILES string of the molecule is CC(C)C[C@@H]1NC(=O)[C@H](CCCCN)NC(=O)[C@H](C(C)C)NC(=O)[C@@H]2CCCN2C(=O)[C@@H](Cc2ccccc2)NC(=O)[C@H](CC(C)C)NC(=O)[C@H](CCCCN)NC(=O)[C@H](C(C)C)NC(=O)[C@@H]2CCCN2C(=O)[C@@H](Cc2ccccc2)NC1=O. The molecule has 22 heteroatoms. The summed E-state index contributed by atoms with van der Waals surface area (Å²) in [6.07, 6.45) is 3.88. The van der Waals surface area contributed by atoms with E-state index in [2.05, 4.69) is 42.5 Å². The number of rotatable bonds is 18. The van der Waals surface area contributed by atoms with Gasteiger partial charge in [-0.3, -0.25) is 47.9 Å². The normalized spacial score (nSPS) is 26.2. The minimum absolute atomic E-state index is 0.0318. The first kappa shape index (κ1) is 67.8. The number of hydrogen-bond donors (Lipinski definition) is 10. The van der Waals surface area contributed by atoms with Gasteiger partial charge in [0, 0.05) is 25.9 Å². The molecular formula is C62H96N12O10. The van der Waals surface area contributed by atoms with Crippen LogP contribution in [0.25, 0.3) is 0 Å². The molecule has 0 radical (unpaired) electrons. The number of nitrogens with one attached hydrogen (secondary N) is 8. The van der Waals surface area contributed by atoms with E-state index in [0.717, 1.165) is 0 Å². The van der Waals surface area contributed by atoms with Crippen LogP contribution >= 0.6 is 0 Å². The predicted molar refractivity (Wildman–Crippen MR) is 320 cm³/mol. The van der Waals surface area contributed by atoms with Crippen molar-refractivity contribution in [2.45, 2.75) is 206 Å². The van der Waals surface area contributed by atoms with Crippen LogP contribution < -0.4 is 54.0 Å². The summed E-state index contributed by atoms with van der Waals surface area (Å²) in [6.45, 7) is 15.4. The molecule has 0 saturated carbocycles. The lowest BCUT2D eigenvalue weighted by Gasteiger charge is -2.33. The predicted octanol–water partition coefficient (Wildman–Crippen LogP) is 2.01. The fraction of sp³-hybridized carbons (Fsp3) is 0.645. The molecule has 84 heavy (non-hydrogen) atoms. The second-order valence-electron chi connectivity index (χ2n) is 24.4. The van der Waals surface area contributed by atoms with Crippen LogP contribution in [0.2, 0.25) is 0 Å². The van der Waals surface area contributed by atoms with E-state index in [0.29, 0.717) is 62.7 Å². The van der Waals surface area contributed by atoms with Crippen LogP contribution in [-0.4, -0.2) is 155 Å². The first-order valence-electron chi connectivity index (χ1n) is 30.5. The molecule has 12 N–H and O–H groups in total. The monoisotopic (exact) mass is 1170 g/mol. The highest BCUT2D eigenvalue weighted by molar-refractivity contribution is 6.00. The molecule has 0 unspecified atom stereocenters. The van der Waals surface area contributed by atoms with Gasteiger partial charge in [-0.1, -0.05) is 116 Å². The quantitative estimate of drug-likeness (QED) is 0.0959. The van der Waals surface area contributed by atoms with Gasteiger partial charge in [-0.15, -0.1) is 0 Å². The average molecular weight is 1170 g/mol. The molecule has 0 bridgehead atoms. The summed E-state index contributed by atoms with van der Waals surface area (Å²) in [5.74, 6) is -7.61. The third kappa shape index (κ3) is 20.1. The van der Waals surface area contributed by atoms with Gasteiger partial charge >= 0.3 is 0 Å². The van der Waals surface area contributed by atoms with Crippen molar-refractivity contribution >= 4 is 59.1 Å². The summed E-state index contributed by atoms with van der Waals surface area (Å²) < 4.78 is 0. The maximum atomic E-state index is 15.0. The fourth-order valence-corrected chi connectivity index (χ4v) is 11.2. The van der Waals surface area contributed by atoms with Gasteiger partial charge in [-0.25, -0.2) is 0 Å².